The second-order valence-electron chi connectivity index (χ2n) is 3.55. The molecule has 3 nitrogen and oxygen atoms in total. The summed E-state index contributed by atoms with van der Waals surface area (Å²) in [5.41, 5.74) is 1.20. The van der Waals surface area contributed by atoms with E-state index in [1.54, 1.807) is 0 Å². The van der Waals surface area contributed by atoms with Crippen molar-refractivity contribution in [1.29, 1.82) is 5.26 Å². The van der Waals surface area contributed by atoms with Crippen LogP contribution in [0.3, 0.4) is 0 Å². The summed E-state index contributed by atoms with van der Waals surface area (Å²) in [6.07, 6.45) is 1.39. The van der Waals surface area contributed by atoms with Crippen molar-refractivity contribution in [1.82, 2.24) is 0 Å². The van der Waals surface area contributed by atoms with Gasteiger partial charge in [-0.3, -0.25) is 0 Å². The summed E-state index contributed by atoms with van der Waals surface area (Å²) in [5, 5.41) is 8.99. The van der Waals surface area contributed by atoms with E-state index in [1.165, 1.54) is 5.56 Å². The molecule has 0 bridgehead atoms. The number of nitrogens with zero attached hydrogens (tertiary/aromatic N) is 1. The van der Waals surface area contributed by atoms with E-state index in [2.05, 4.69) is 6.07 Å². The Labute approximate surface area is 89.2 Å². The highest BCUT2D eigenvalue weighted by molar-refractivity contribution is 5.15. The first-order valence-corrected chi connectivity index (χ1v) is 5.08. The number of nitriles is 1. The van der Waals surface area contributed by atoms with E-state index >= 15 is 0 Å². The molecule has 0 N–H and O–H groups in total. The molecular weight excluding hydrogens is 190 g/mol. The Bertz CT molecular complexity index is 350. The maximum Gasteiger partial charge on any atom is 0.259 e. The first kappa shape index (κ1) is 10.2. The van der Waals surface area contributed by atoms with Crippen molar-refractivity contribution < 1.29 is 9.47 Å². The predicted octanol–water partition coefficient (Wildman–Crippen LogP) is 1.89. The van der Waals surface area contributed by atoms with Crippen LogP contribution in [0.1, 0.15) is 12.0 Å². The zero-order valence-corrected chi connectivity index (χ0v) is 8.48. The van der Waals surface area contributed by atoms with Crippen LogP contribution in [-0.2, 0) is 15.9 Å². The topological polar surface area (TPSA) is 42.2 Å². The van der Waals surface area contributed by atoms with E-state index < -0.39 is 5.79 Å². The largest absolute Gasteiger partial charge is 0.336 e. The van der Waals surface area contributed by atoms with Crippen LogP contribution in [0.15, 0.2) is 30.3 Å². The van der Waals surface area contributed by atoms with Crippen molar-refractivity contribution in [3.05, 3.63) is 35.9 Å². The molecule has 0 aromatic heterocycles. The Kier molecular flexibility index (Phi) is 3.00. The summed E-state index contributed by atoms with van der Waals surface area (Å²) in [5.74, 6) is -1.00. The van der Waals surface area contributed by atoms with Crippen LogP contribution in [0, 0.1) is 11.3 Å². The van der Waals surface area contributed by atoms with Gasteiger partial charge in [0.15, 0.2) is 0 Å². The molecule has 0 aliphatic carbocycles. The van der Waals surface area contributed by atoms with Gasteiger partial charge in [-0.25, -0.2) is 0 Å². The smallest absolute Gasteiger partial charge is 0.259 e. The number of hydrogen-bond acceptors (Lipinski definition) is 3. The van der Waals surface area contributed by atoms with Crippen molar-refractivity contribution in [3.8, 4) is 6.07 Å². The Morgan fingerprint density at radius 2 is 1.87 bits per heavy atom. The molecule has 0 radical (unpaired) electrons. The normalized spacial score (nSPS) is 18.6. The van der Waals surface area contributed by atoms with Crippen molar-refractivity contribution in [2.75, 3.05) is 13.2 Å². The third kappa shape index (κ3) is 2.35. The molecule has 0 unspecified atom stereocenters. The number of hydrogen-bond donors (Lipinski definition) is 0. The summed E-state index contributed by atoms with van der Waals surface area (Å²) in [6.45, 7) is 1.03. The van der Waals surface area contributed by atoms with Crippen molar-refractivity contribution in [3.63, 3.8) is 0 Å². The minimum Gasteiger partial charge on any atom is -0.336 e. The minimum absolute atomic E-state index is 0.516. The second-order valence-corrected chi connectivity index (χ2v) is 3.55. The van der Waals surface area contributed by atoms with Gasteiger partial charge in [-0.1, -0.05) is 30.3 Å². The van der Waals surface area contributed by atoms with Gasteiger partial charge in [0.05, 0.1) is 13.2 Å². The molecule has 0 spiro atoms. The van der Waals surface area contributed by atoms with E-state index in [0.29, 0.717) is 19.6 Å². The summed E-state index contributed by atoms with van der Waals surface area (Å²) >= 11 is 0. The van der Waals surface area contributed by atoms with Gasteiger partial charge in [0.1, 0.15) is 6.07 Å². The standard InChI is InChI=1S/C12H13NO2/c13-10-12(14-8-9-15-12)7-6-11-4-2-1-3-5-11/h1-5H,6-9H2. The number of rotatable bonds is 3. The van der Waals surface area contributed by atoms with Gasteiger partial charge in [0, 0.05) is 6.42 Å². The molecular formula is C12H13NO2. The van der Waals surface area contributed by atoms with Crippen molar-refractivity contribution >= 4 is 0 Å². The average Bonchev–Trinajstić information content (AvgIpc) is 2.77. The summed E-state index contributed by atoms with van der Waals surface area (Å²) < 4.78 is 10.7. The zero-order valence-electron chi connectivity index (χ0n) is 8.48. The van der Waals surface area contributed by atoms with E-state index in [-0.39, 0.29) is 0 Å². The number of benzene rings is 1. The van der Waals surface area contributed by atoms with Gasteiger partial charge in [-0.2, -0.15) is 5.26 Å². The molecule has 1 aliphatic rings. The summed E-state index contributed by atoms with van der Waals surface area (Å²) in [7, 11) is 0. The molecule has 0 atom stereocenters. The van der Waals surface area contributed by atoms with Gasteiger partial charge >= 0.3 is 0 Å². The molecule has 78 valence electrons. The van der Waals surface area contributed by atoms with Crippen LogP contribution in [0.2, 0.25) is 0 Å². The lowest BCUT2D eigenvalue weighted by Gasteiger charge is -2.18. The van der Waals surface area contributed by atoms with E-state index in [1.807, 2.05) is 30.3 Å². The maximum absolute atomic E-state index is 8.99. The third-order valence-corrected chi connectivity index (χ3v) is 2.51. The van der Waals surface area contributed by atoms with Gasteiger partial charge in [-0.15, -0.1) is 0 Å². The molecule has 0 amide bonds. The Morgan fingerprint density at radius 1 is 1.20 bits per heavy atom. The Balaban J connectivity index is 1.95. The van der Waals surface area contributed by atoms with Crippen LogP contribution in [0.5, 0.6) is 0 Å². The third-order valence-electron chi connectivity index (χ3n) is 2.51. The molecule has 1 saturated heterocycles. The minimum atomic E-state index is -1.00. The van der Waals surface area contributed by atoms with Crippen LogP contribution in [0.4, 0.5) is 0 Å². The number of aryl methyl sites for hydroxylation is 1. The molecule has 2 rings (SSSR count). The average molecular weight is 203 g/mol. The zero-order chi connectivity index (χ0) is 10.6. The maximum atomic E-state index is 8.99. The fourth-order valence-electron chi connectivity index (χ4n) is 1.67. The monoisotopic (exact) mass is 203 g/mol. The molecule has 1 aromatic rings. The van der Waals surface area contributed by atoms with Crippen LogP contribution in [-0.4, -0.2) is 19.0 Å². The second kappa shape index (κ2) is 4.43. The molecule has 1 fully saturated rings. The SMILES string of the molecule is N#CC1(CCc2ccccc2)OCCO1. The Hall–Kier alpha value is -1.37. The first-order chi connectivity index (χ1) is 7.35. The molecule has 1 aliphatic heterocycles. The van der Waals surface area contributed by atoms with Crippen molar-refractivity contribution in [2.45, 2.75) is 18.6 Å². The summed E-state index contributed by atoms with van der Waals surface area (Å²) in [4.78, 5) is 0. The van der Waals surface area contributed by atoms with Gasteiger partial charge in [0.2, 0.25) is 0 Å². The Morgan fingerprint density at radius 3 is 2.47 bits per heavy atom. The van der Waals surface area contributed by atoms with Gasteiger partial charge < -0.3 is 9.47 Å². The highest BCUT2D eigenvalue weighted by Gasteiger charge is 2.36. The highest BCUT2D eigenvalue weighted by atomic mass is 16.7. The molecule has 1 aromatic carbocycles. The molecule has 1 heterocycles. The quantitative estimate of drug-likeness (QED) is 0.753. The summed E-state index contributed by atoms with van der Waals surface area (Å²) in [6, 6.07) is 12.1. The predicted molar refractivity (Wildman–Crippen MR) is 55.0 cm³/mol. The van der Waals surface area contributed by atoms with E-state index in [4.69, 9.17) is 14.7 Å². The number of ether oxygens (including phenoxy) is 2. The van der Waals surface area contributed by atoms with Crippen LogP contribution < -0.4 is 0 Å². The lowest BCUT2D eigenvalue weighted by atomic mass is 10.1. The lowest BCUT2D eigenvalue weighted by Crippen LogP contribution is -2.28. The van der Waals surface area contributed by atoms with Crippen LogP contribution >= 0.6 is 0 Å². The fraction of sp³-hybridized carbons (Fsp3) is 0.417. The highest BCUT2D eigenvalue weighted by Crippen LogP contribution is 2.24. The molecule has 15 heavy (non-hydrogen) atoms. The lowest BCUT2D eigenvalue weighted by molar-refractivity contribution is -0.113. The van der Waals surface area contributed by atoms with Crippen molar-refractivity contribution in [2.24, 2.45) is 0 Å². The van der Waals surface area contributed by atoms with Gasteiger partial charge in [-0.05, 0) is 12.0 Å². The first-order valence-electron chi connectivity index (χ1n) is 5.08. The van der Waals surface area contributed by atoms with Gasteiger partial charge in [0.25, 0.3) is 5.79 Å². The van der Waals surface area contributed by atoms with E-state index in [9.17, 15) is 0 Å². The fourth-order valence-corrected chi connectivity index (χ4v) is 1.67. The molecule has 3 heteroatoms. The van der Waals surface area contributed by atoms with E-state index in [0.717, 1.165) is 6.42 Å². The van der Waals surface area contributed by atoms with Crippen LogP contribution in [0.25, 0.3) is 0 Å². The molecule has 0 saturated carbocycles.